The third kappa shape index (κ3) is 2.10. The third-order valence-corrected chi connectivity index (χ3v) is 8.89. The van der Waals surface area contributed by atoms with E-state index in [9.17, 15) is 10.4 Å². The Balaban J connectivity index is 1.75. The lowest BCUT2D eigenvalue weighted by molar-refractivity contribution is -0.160. The highest BCUT2D eigenvalue weighted by Crippen LogP contribution is 2.70. The zero-order chi connectivity index (χ0) is 17.2. The minimum Gasteiger partial charge on any atom is -0.393 e. The fraction of sp³-hybridized carbons (Fsp3) is 0.864. The van der Waals surface area contributed by atoms with E-state index >= 15 is 0 Å². The Bertz CT molecular complexity index is 604. The van der Waals surface area contributed by atoms with E-state index < -0.39 is 0 Å². The van der Waals surface area contributed by atoms with Gasteiger partial charge in [-0.15, -0.1) is 0 Å². The van der Waals surface area contributed by atoms with Gasteiger partial charge in [0.05, 0.1) is 17.6 Å². The lowest BCUT2D eigenvalue weighted by Gasteiger charge is -2.65. The minimum absolute atomic E-state index is 0.105. The van der Waals surface area contributed by atoms with Crippen LogP contribution in [-0.2, 0) is 0 Å². The molecule has 0 aromatic carbocycles. The average molecular weight is 328 g/mol. The lowest BCUT2D eigenvalue weighted by Crippen LogP contribution is -2.60. The van der Waals surface area contributed by atoms with Crippen LogP contribution >= 0.6 is 0 Å². The number of hydrogen-bond acceptors (Lipinski definition) is 2. The number of hydrogen-bond donors (Lipinski definition) is 1. The SMILES string of the molecule is CC1=CC[C@@H]2[C@](C)(CC[C@@H]3[C@@]4(C)CC[C@H](O)C[C@@H]4CC[C@@]23C#N)C1. The normalized spacial score (nSPS) is 53.9. The molecule has 0 heterocycles. The van der Waals surface area contributed by atoms with Gasteiger partial charge in [0, 0.05) is 0 Å². The van der Waals surface area contributed by atoms with Crippen molar-refractivity contribution in [2.24, 2.45) is 34.0 Å². The van der Waals surface area contributed by atoms with Gasteiger partial charge in [0.2, 0.25) is 0 Å². The van der Waals surface area contributed by atoms with Crippen LogP contribution in [-0.4, -0.2) is 11.2 Å². The van der Waals surface area contributed by atoms with Crippen molar-refractivity contribution in [3.8, 4) is 6.07 Å². The summed E-state index contributed by atoms with van der Waals surface area (Å²) in [4.78, 5) is 0. The molecule has 2 heteroatoms. The first-order valence-corrected chi connectivity index (χ1v) is 10.1. The molecular weight excluding hydrogens is 294 g/mol. The monoisotopic (exact) mass is 327 g/mol. The Morgan fingerprint density at radius 2 is 1.92 bits per heavy atom. The molecule has 4 aliphatic rings. The van der Waals surface area contributed by atoms with Crippen molar-refractivity contribution in [1.29, 1.82) is 5.26 Å². The quantitative estimate of drug-likeness (QED) is 0.619. The molecule has 0 saturated heterocycles. The summed E-state index contributed by atoms with van der Waals surface area (Å²) in [6.45, 7) is 7.20. The largest absolute Gasteiger partial charge is 0.393 e. The summed E-state index contributed by atoms with van der Waals surface area (Å²) in [5.74, 6) is 1.69. The van der Waals surface area contributed by atoms with Gasteiger partial charge in [-0.2, -0.15) is 5.26 Å². The van der Waals surface area contributed by atoms with Gasteiger partial charge in [-0.1, -0.05) is 25.5 Å². The van der Waals surface area contributed by atoms with E-state index in [1.807, 2.05) is 0 Å². The summed E-state index contributed by atoms with van der Waals surface area (Å²) in [5.41, 5.74) is 1.99. The predicted octanol–water partition coefficient (Wildman–Crippen LogP) is 5.23. The van der Waals surface area contributed by atoms with Gasteiger partial charge in [0.15, 0.2) is 0 Å². The second-order valence-corrected chi connectivity index (χ2v) is 10.1. The van der Waals surface area contributed by atoms with Crippen LogP contribution in [0.3, 0.4) is 0 Å². The Morgan fingerprint density at radius 3 is 2.67 bits per heavy atom. The summed E-state index contributed by atoms with van der Waals surface area (Å²) in [6, 6.07) is 2.94. The highest BCUT2D eigenvalue weighted by atomic mass is 16.3. The fourth-order valence-electron chi connectivity index (χ4n) is 7.70. The molecule has 1 N–H and O–H groups in total. The Kier molecular flexibility index (Phi) is 3.70. The molecular formula is C22H33NO. The van der Waals surface area contributed by atoms with E-state index in [0.717, 1.165) is 38.5 Å². The van der Waals surface area contributed by atoms with Gasteiger partial charge < -0.3 is 5.11 Å². The standard InChI is InChI=1S/C22H33NO/c1-15-4-5-18-20(2,13-15)9-8-19-21(3)10-7-17(24)12-16(21)6-11-22(18,19)14-23/h4,16-19,24H,5-13H2,1-3H3/t16-,17-,18+,19+,20+,21-,22+/m0/s1. The predicted molar refractivity (Wildman–Crippen MR) is 96.0 cm³/mol. The van der Waals surface area contributed by atoms with Gasteiger partial charge in [-0.3, -0.25) is 0 Å². The minimum atomic E-state index is -0.127. The molecule has 2 nitrogen and oxygen atoms in total. The molecule has 3 fully saturated rings. The smallest absolute Gasteiger partial charge is 0.0696 e. The summed E-state index contributed by atoms with van der Waals surface area (Å²) in [6.07, 6.45) is 12.3. The average Bonchev–Trinajstić information content (AvgIpc) is 2.54. The van der Waals surface area contributed by atoms with Crippen molar-refractivity contribution in [2.45, 2.75) is 84.7 Å². The number of allylic oxidation sites excluding steroid dienone is 2. The van der Waals surface area contributed by atoms with Gasteiger partial charge >= 0.3 is 0 Å². The molecule has 0 spiro atoms. The van der Waals surface area contributed by atoms with Crippen molar-refractivity contribution in [1.82, 2.24) is 0 Å². The molecule has 0 aliphatic heterocycles. The zero-order valence-electron chi connectivity index (χ0n) is 15.6. The van der Waals surface area contributed by atoms with Crippen LogP contribution in [0.1, 0.15) is 78.6 Å². The summed E-state index contributed by atoms with van der Waals surface area (Å²) >= 11 is 0. The third-order valence-electron chi connectivity index (χ3n) is 8.89. The number of aliphatic hydroxyl groups is 1. The molecule has 7 atom stereocenters. The second-order valence-electron chi connectivity index (χ2n) is 10.1. The van der Waals surface area contributed by atoms with Crippen molar-refractivity contribution in [3.05, 3.63) is 11.6 Å². The maximum absolute atomic E-state index is 10.4. The van der Waals surface area contributed by atoms with E-state index in [1.54, 1.807) is 0 Å². The van der Waals surface area contributed by atoms with Crippen LogP contribution in [0, 0.1) is 45.3 Å². The molecule has 3 saturated carbocycles. The lowest BCUT2D eigenvalue weighted by atomic mass is 9.38. The molecule has 0 unspecified atom stereocenters. The van der Waals surface area contributed by atoms with E-state index in [1.165, 1.54) is 24.8 Å². The molecule has 132 valence electrons. The first-order valence-electron chi connectivity index (χ1n) is 10.1. The van der Waals surface area contributed by atoms with Gasteiger partial charge in [-0.25, -0.2) is 0 Å². The number of fused-ring (bicyclic) bond motifs is 5. The number of rotatable bonds is 0. The van der Waals surface area contributed by atoms with E-state index in [4.69, 9.17) is 0 Å². The van der Waals surface area contributed by atoms with Crippen molar-refractivity contribution >= 4 is 0 Å². The van der Waals surface area contributed by atoms with Crippen LogP contribution in [0.2, 0.25) is 0 Å². The molecule has 0 radical (unpaired) electrons. The van der Waals surface area contributed by atoms with Crippen molar-refractivity contribution in [3.63, 3.8) is 0 Å². The molecule has 0 bridgehead atoms. The van der Waals surface area contributed by atoms with Crippen LogP contribution in [0.5, 0.6) is 0 Å². The fourth-order valence-corrected chi connectivity index (χ4v) is 7.70. The maximum Gasteiger partial charge on any atom is 0.0696 e. The zero-order valence-corrected chi connectivity index (χ0v) is 15.6. The number of nitriles is 1. The second kappa shape index (κ2) is 5.34. The van der Waals surface area contributed by atoms with Gasteiger partial charge in [0.1, 0.15) is 0 Å². The van der Waals surface area contributed by atoms with Crippen LogP contribution in [0.25, 0.3) is 0 Å². The molecule has 0 aromatic rings. The number of nitrogens with zero attached hydrogens (tertiary/aromatic N) is 1. The first-order chi connectivity index (χ1) is 11.3. The summed E-state index contributed by atoms with van der Waals surface area (Å²) in [5, 5.41) is 20.6. The first kappa shape index (κ1) is 16.6. The van der Waals surface area contributed by atoms with E-state index in [2.05, 4.69) is 32.9 Å². The highest BCUT2D eigenvalue weighted by Gasteiger charge is 2.64. The number of aliphatic hydroxyl groups excluding tert-OH is 1. The van der Waals surface area contributed by atoms with Crippen LogP contribution in [0.4, 0.5) is 0 Å². The Morgan fingerprint density at radius 1 is 1.12 bits per heavy atom. The Labute approximate surface area is 147 Å². The maximum atomic E-state index is 10.4. The Hall–Kier alpha value is -0.810. The van der Waals surface area contributed by atoms with Crippen molar-refractivity contribution < 1.29 is 5.11 Å². The topological polar surface area (TPSA) is 44.0 Å². The van der Waals surface area contributed by atoms with E-state index in [0.29, 0.717) is 23.2 Å². The van der Waals surface area contributed by atoms with Crippen LogP contribution < -0.4 is 0 Å². The molecule has 0 amide bonds. The van der Waals surface area contributed by atoms with Gasteiger partial charge in [-0.05, 0) is 93.3 Å². The van der Waals surface area contributed by atoms with Crippen LogP contribution in [0.15, 0.2) is 11.6 Å². The molecule has 4 rings (SSSR count). The summed E-state index contributed by atoms with van der Waals surface area (Å²) in [7, 11) is 0. The van der Waals surface area contributed by atoms with E-state index in [-0.39, 0.29) is 16.9 Å². The van der Waals surface area contributed by atoms with Crippen molar-refractivity contribution in [2.75, 3.05) is 0 Å². The molecule has 0 aromatic heterocycles. The molecule has 24 heavy (non-hydrogen) atoms. The van der Waals surface area contributed by atoms with Gasteiger partial charge in [0.25, 0.3) is 0 Å². The summed E-state index contributed by atoms with van der Waals surface area (Å²) < 4.78 is 0. The highest BCUT2D eigenvalue weighted by molar-refractivity contribution is 5.24. The molecule has 4 aliphatic carbocycles.